The second kappa shape index (κ2) is 11.7. The molecular weight excluding hydrogens is 532 g/mol. The minimum atomic E-state index is -0.768. The summed E-state index contributed by atoms with van der Waals surface area (Å²) in [6.45, 7) is -0.483. The fourth-order valence-electron chi connectivity index (χ4n) is 3.90. The number of benzene rings is 3. The molecule has 200 valence electrons. The third-order valence-corrected chi connectivity index (χ3v) is 6.17. The fraction of sp³-hybridized carbons (Fsp3) is 0.185. The van der Waals surface area contributed by atoms with Gasteiger partial charge in [0, 0.05) is 35.7 Å². The topological polar surface area (TPSA) is 142 Å². The van der Waals surface area contributed by atoms with Gasteiger partial charge in [-0.1, -0.05) is 11.6 Å². The van der Waals surface area contributed by atoms with Crippen molar-refractivity contribution in [2.24, 2.45) is 5.92 Å². The first kappa shape index (κ1) is 27.3. The number of ketones is 1. The summed E-state index contributed by atoms with van der Waals surface area (Å²) < 4.78 is 15.7. The van der Waals surface area contributed by atoms with Crippen LogP contribution >= 0.6 is 11.6 Å². The molecule has 0 aliphatic carbocycles. The van der Waals surface area contributed by atoms with Gasteiger partial charge in [0.15, 0.2) is 12.4 Å². The smallest absolute Gasteiger partial charge is 0.343 e. The second-order valence-electron chi connectivity index (χ2n) is 8.47. The van der Waals surface area contributed by atoms with Gasteiger partial charge in [-0.25, -0.2) is 4.79 Å². The van der Waals surface area contributed by atoms with Crippen LogP contribution in [-0.4, -0.2) is 48.8 Å². The van der Waals surface area contributed by atoms with E-state index in [1.54, 1.807) is 18.2 Å². The lowest BCUT2D eigenvalue weighted by Gasteiger charge is -2.19. The highest BCUT2D eigenvalue weighted by Gasteiger charge is 2.37. The SMILES string of the molecule is COc1ccc(Cl)cc1N1C[C@H](C(=O)OCC(=O)c2ccc(OC(=O)c3ccc([N+](=O)[O-])cc3)cc2)CC1=O. The van der Waals surface area contributed by atoms with Crippen LogP contribution < -0.4 is 14.4 Å². The molecule has 1 aliphatic heterocycles. The lowest BCUT2D eigenvalue weighted by molar-refractivity contribution is -0.384. The van der Waals surface area contributed by atoms with Gasteiger partial charge < -0.3 is 19.1 Å². The molecule has 39 heavy (non-hydrogen) atoms. The molecule has 0 spiro atoms. The minimum Gasteiger partial charge on any atom is -0.495 e. The Kier molecular flexibility index (Phi) is 8.21. The molecule has 12 heteroatoms. The van der Waals surface area contributed by atoms with Crippen molar-refractivity contribution in [3.05, 3.63) is 93.0 Å². The fourth-order valence-corrected chi connectivity index (χ4v) is 4.07. The molecule has 0 bridgehead atoms. The van der Waals surface area contributed by atoms with Crippen LogP contribution in [-0.2, 0) is 14.3 Å². The molecule has 11 nitrogen and oxygen atoms in total. The van der Waals surface area contributed by atoms with Gasteiger partial charge in [-0.15, -0.1) is 0 Å². The third-order valence-electron chi connectivity index (χ3n) is 5.94. The summed E-state index contributed by atoms with van der Waals surface area (Å²) in [6, 6.07) is 15.3. The zero-order chi connectivity index (χ0) is 28.1. The summed E-state index contributed by atoms with van der Waals surface area (Å²) in [6.07, 6.45) is -0.0858. The number of ether oxygens (including phenoxy) is 3. The standard InChI is InChI=1S/C27H21ClN2O9/c1-37-24-11-6-19(28)13-22(24)29-14-18(12-25(29)32)26(33)38-15-23(31)16-4-9-21(10-5-16)39-27(34)17-2-7-20(8-3-17)30(35)36/h2-11,13,18H,12,14-15H2,1H3/t18-/m1/s1. The molecule has 1 amide bonds. The van der Waals surface area contributed by atoms with Gasteiger partial charge in [0.2, 0.25) is 5.91 Å². The molecule has 4 rings (SSSR count). The number of hydrogen-bond acceptors (Lipinski definition) is 9. The molecule has 1 aliphatic rings. The quantitative estimate of drug-likeness (QED) is 0.125. The van der Waals surface area contributed by atoms with E-state index in [9.17, 15) is 29.3 Å². The summed E-state index contributed by atoms with van der Waals surface area (Å²) in [5, 5.41) is 11.1. The van der Waals surface area contributed by atoms with Crippen LogP contribution in [0.25, 0.3) is 0 Å². The number of esters is 2. The Morgan fingerprint density at radius 2 is 1.69 bits per heavy atom. The van der Waals surface area contributed by atoms with E-state index < -0.39 is 35.2 Å². The lowest BCUT2D eigenvalue weighted by Crippen LogP contribution is -2.27. The Hall–Kier alpha value is -4.77. The Morgan fingerprint density at radius 1 is 1.03 bits per heavy atom. The highest BCUT2D eigenvalue weighted by Crippen LogP contribution is 2.35. The molecule has 3 aromatic rings. The number of amides is 1. The molecule has 1 atom stereocenters. The van der Waals surface area contributed by atoms with Gasteiger partial charge >= 0.3 is 11.9 Å². The first-order chi connectivity index (χ1) is 18.7. The van der Waals surface area contributed by atoms with Crippen LogP contribution in [0, 0.1) is 16.0 Å². The number of rotatable bonds is 9. The molecule has 3 aromatic carbocycles. The van der Waals surface area contributed by atoms with Gasteiger partial charge in [0.1, 0.15) is 11.5 Å². The molecule has 0 N–H and O–H groups in total. The lowest BCUT2D eigenvalue weighted by atomic mass is 10.1. The molecule has 1 saturated heterocycles. The van der Waals surface area contributed by atoms with E-state index in [-0.39, 0.29) is 41.4 Å². The first-order valence-electron chi connectivity index (χ1n) is 11.6. The van der Waals surface area contributed by atoms with Crippen LogP contribution in [0.3, 0.4) is 0 Å². The van der Waals surface area contributed by atoms with Gasteiger partial charge in [-0.05, 0) is 54.6 Å². The number of nitro groups is 1. The molecule has 0 aromatic heterocycles. The summed E-state index contributed by atoms with van der Waals surface area (Å²) in [4.78, 5) is 61.5. The van der Waals surface area contributed by atoms with Gasteiger partial charge in [0.25, 0.3) is 5.69 Å². The number of halogens is 1. The normalized spacial score (nSPS) is 14.6. The van der Waals surface area contributed by atoms with E-state index in [2.05, 4.69) is 0 Å². The zero-order valence-electron chi connectivity index (χ0n) is 20.5. The van der Waals surface area contributed by atoms with Crippen molar-refractivity contribution >= 4 is 46.6 Å². The molecule has 0 radical (unpaired) electrons. The van der Waals surface area contributed by atoms with E-state index in [0.29, 0.717) is 16.5 Å². The average Bonchev–Trinajstić information content (AvgIpc) is 3.33. The second-order valence-corrected chi connectivity index (χ2v) is 8.91. The Morgan fingerprint density at radius 3 is 2.33 bits per heavy atom. The summed E-state index contributed by atoms with van der Waals surface area (Å²) in [5.41, 5.74) is 0.611. The number of methoxy groups -OCH3 is 1. The largest absolute Gasteiger partial charge is 0.495 e. The first-order valence-corrected chi connectivity index (χ1v) is 11.9. The third kappa shape index (κ3) is 6.39. The number of carbonyl (C=O) groups is 4. The minimum absolute atomic E-state index is 0.0530. The number of carbonyl (C=O) groups excluding carboxylic acids is 4. The molecule has 1 fully saturated rings. The highest BCUT2D eigenvalue weighted by atomic mass is 35.5. The molecule has 0 unspecified atom stereocenters. The average molecular weight is 553 g/mol. The Balaban J connectivity index is 1.30. The van der Waals surface area contributed by atoms with E-state index in [0.717, 1.165) is 0 Å². The van der Waals surface area contributed by atoms with Crippen molar-refractivity contribution in [2.75, 3.05) is 25.2 Å². The van der Waals surface area contributed by atoms with Crippen LogP contribution in [0.2, 0.25) is 5.02 Å². The molecular formula is C27H21ClN2O9. The van der Waals surface area contributed by atoms with Crippen molar-refractivity contribution in [2.45, 2.75) is 6.42 Å². The Bertz CT molecular complexity index is 1440. The predicted octanol–water partition coefficient (Wildman–Crippen LogP) is 4.26. The van der Waals surface area contributed by atoms with Crippen molar-refractivity contribution in [3.8, 4) is 11.5 Å². The van der Waals surface area contributed by atoms with Crippen LogP contribution in [0.4, 0.5) is 11.4 Å². The molecule has 1 heterocycles. The summed E-state index contributed by atoms with van der Waals surface area (Å²) in [5.74, 6) is -2.40. The molecule has 0 saturated carbocycles. The number of non-ortho nitro benzene ring substituents is 1. The maximum atomic E-state index is 12.6. The maximum absolute atomic E-state index is 12.6. The number of hydrogen-bond donors (Lipinski definition) is 0. The van der Waals surface area contributed by atoms with Crippen molar-refractivity contribution in [1.29, 1.82) is 0 Å². The number of anilines is 1. The van der Waals surface area contributed by atoms with Gasteiger partial charge in [-0.3, -0.25) is 24.5 Å². The number of nitrogens with zero attached hydrogens (tertiary/aromatic N) is 2. The van der Waals surface area contributed by atoms with E-state index in [1.807, 2.05) is 0 Å². The van der Waals surface area contributed by atoms with Gasteiger partial charge in [0.05, 0.1) is 29.2 Å². The monoisotopic (exact) mass is 552 g/mol. The van der Waals surface area contributed by atoms with Crippen molar-refractivity contribution < 1.29 is 38.3 Å². The van der Waals surface area contributed by atoms with Gasteiger partial charge in [-0.2, -0.15) is 0 Å². The predicted molar refractivity (Wildman–Crippen MR) is 138 cm³/mol. The van der Waals surface area contributed by atoms with E-state index >= 15 is 0 Å². The number of Topliss-reactive ketones (excluding diaryl/α,β-unsaturated/α-hetero) is 1. The zero-order valence-corrected chi connectivity index (χ0v) is 21.3. The Labute approximate surface area is 227 Å². The van der Waals surface area contributed by atoms with Crippen LogP contribution in [0.1, 0.15) is 27.1 Å². The summed E-state index contributed by atoms with van der Waals surface area (Å²) in [7, 11) is 1.46. The van der Waals surface area contributed by atoms with Crippen molar-refractivity contribution in [1.82, 2.24) is 0 Å². The van der Waals surface area contributed by atoms with Crippen molar-refractivity contribution in [3.63, 3.8) is 0 Å². The highest BCUT2D eigenvalue weighted by molar-refractivity contribution is 6.31. The van der Waals surface area contributed by atoms with E-state index in [1.165, 1.54) is 60.5 Å². The number of nitro benzene ring substituents is 1. The summed E-state index contributed by atoms with van der Waals surface area (Å²) >= 11 is 6.05. The van der Waals surface area contributed by atoms with Crippen LogP contribution in [0.15, 0.2) is 66.7 Å². The van der Waals surface area contributed by atoms with E-state index in [4.69, 9.17) is 25.8 Å². The maximum Gasteiger partial charge on any atom is 0.343 e. The van der Waals surface area contributed by atoms with Crippen LogP contribution in [0.5, 0.6) is 11.5 Å².